The van der Waals surface area contributed by atoms with Gasteiger partial charge in [0.15, 0.2) is 0 Å². The van der Waals surface area contributed by atoms with Crippen molar-refractivity contribution < 1.29 is 9.47 Å². The molecule has 3 heteroatoms. The molecular formula is C18H29NO2. The Morgan fingerprint density at radius 1 is 1.29 bits per heavy atom. The van der Waals surface area contributed by atoms with Crippen molar-refractivity contribution in [3.8, 4) is 5.75 Å². The molecule has 118 valence electrons. The van der Waals surface area contributed by atoms with Gasteiger partial charge in [-0.25, -0.2) is 0 Å². The summed E-state index contributed by atoms with van der Waals surface area (Å²) in [6.45, 7) is 10.2. The summed E-state index contributed by atoms with van der Waals surface area (Å²) in [5, 5.41) is 3.39. The van der Waals surface area contributed by atoms with E-state index in [1.165, 1.54) is 18.4 Å². The van der Waals surface area contributed by atoms with E-state index in [4.69, 9.17) is 9.47 Å². The Morgan fingerprint density at radius 2 is 2.05 bits per heavy atom. The van der Waals surface area contributed by atoms with Crippen LogP contribution in [-0.4, -0.2) is 32.4 Å². The minimum absolute atomic E-state index is 0.237. The lowest BCUT2D eigenvalue weighted by Gasteiger charge is -2.23. The maximum absolute atomic E-state index is 5.77. The van der Waals surface area contributed by atoms with Crippen molar-refractivity contribution in [3.05, 3.63) is 29.8 Å². The van der Waals surface area contributed by atoms with Gasteiger partial charge in [-0.15, -0.1) is 0 Å². The standard InChI is InChI=1S/C18H29NO2/c1-4-18(2,3)15-7-9-16(10-8-15)21-13-11-19-14-17-6-5-12-20-17/h7-10,17,19H,4-6,11-14H2,1-3H3. The van der Waals surface area contributed by atoms with Gasteiger partial charge < -0.3 is 14.8 Å². The van der Waals surface area contributed by atoms with E-state index in [9.17, 15) is 0 Å². The lowest BCUT2D eigenvalue weighted by atomic mass is 9.82. The molecule has 0 aliphatic carbocycles. The average molecular weight is 291 g/mol. The van der Waals surface area contributed by atoms with E-state index in [0.717, 1.165) is 31.9 Å². The van der Waals surface area contributed by atoms with Gasteiger partial charge in [-0.1, -0.05) is 32.9 Å². The second-order valence-electron chi connectivity index (χ2n) is 6.45. The fourth-order valence-corrected chi connectivity index (χ4v) is 2.52. The molecule has 2 rings (SSSR count). The topological polar surface area (TPSA) is 30.5 Å². The minimum Gasteiger partial charge on any atom is -0.492 e. The lowest BCUT2D eigenvalue weighted by molar-refractivity contribution is 0.109. The summed E-state index contributed by atoms with van der Waals surface area (Å²) in [6.07, 6.45) is 3.92. The zero-order valence-corrected chi connectivity index (χ0v) is 13.7. The van der Waals surface area contributed by atoms with Crippen LogP contribution in [0.15, 0.2) is 24.3 Å². The summed E-state index contributed by atoms with van der Waals surface area (Å²) in [4.78, 5) is 0. The summed E-state index contributed by atoms with van der Waals surface area (Å²) < 4.78 is 11.3. The molecule has 0 amide bonds. The van der Waals surface area contributed by atoms with Crippen LogP contribution in [0.3, 0.4) is 0 Å². The molecule has 1 saturated heterocycles. The quantitative estimate of drug-likeness (QED) is 0.743. The first-order chi connectivity index (χ1) is 10.1. The van der Waals surface area contributed by atoms with E-state index in [1.54, 1.807) is 0 Å². The molecule has 0 saturated carbocycles. The Balaban J connectivity index is 1.66. The zero-order chi connectivity index (χ0) is 15.1. The van der Waals surface area contributed by atoms with Crippen LogP contribution < -0.4 is 10.1 Å². The number of hydrogen-bond acceptors (Lipinski definition) is 3. The highest BCUT2D eigenvalue weighted by Crippen LogP contribution is 2.27. The summed E-state index contributed by atoms with van der Waals surface area (Å²) in [5.74, 6) is 0.949. The normalized spacial score (nSPS) is 18.9. The largest absolute Gasteiger partial charge is 0.492 e. The van der Waals surface area contributed by atoms with Crippen molar-refractivity contribution in [2.24, 2.45) is 0 Å². The maximum atomic E-state index is 5.77. The number of hydrogen-bond donors (Lipinski definition) is 1. The van der Waals surface area contributed by atoms with Gasteiger partial charge >= 0.3 is 0 Å². The summed E-state index contributed by atoms with van der Waals surface area (Å²) in [7, 11) is 0. The first kappa shape index (κ1) is 16.3. The summed E-state index contributed by atoms with van der Waals surface area (Å²) >= 11 is 0. The van der Waals surface area contributed by atoms with E-state index in [2.05, 4.69) is 50.4 Å². The van der Waals surface area contributed by atoms with Gasteiger partial charge in [0.05, 0.1) is 6.10 Å². The molecule has 1 unspecified atom stereocenters. The molecule has 1 N–H and O–H groups in total. The second kappa shape index (κ2) is 7.81. The monoisotopic (exact) mass is 291 g/mol. The van der Waals surface area contributed by atoms with E-state index in [0.29, 0.717) is 12.7 Å². The van der Waals surface area contributed by atoms with Gasteiger partial charge in [0.2, 0.25) is 0 Å². The highest BCUT2D eigenvalue weighted by atomic mass is 16.5. The van der Waals surface area contributed by atoms with Crippen LogP contribution in [0.2, 0.25) is 0 Å². The van der Waals surface area contributed by atoms with E-state index in [-0.39, 0.29) is 5.41 Å². The van der Waals surface area contributed by atoms with Gasteiger partial charge in [-0.05, 0) is 42.4 Å². The minimum atomic E-state index is 0.237. The Hall–Kier alpha value is -1.06. The third-order valence-electron chi connectivity index (χ3n) is 4.46. The molecule has 0 aromatic heterocycles. The van der Waals surface area contributed by atoms with Crippen LogP contribution in [0.4, 0.5) is 0 Å². The first-order valence-corrected chi connectivity index (χ1v) is 8.17. The van der Waals surface area contributed by atoms with Gasteiger partial charge in [0.1, 0.15) is 12.4 Å². The molecule has 1 aromatic carbocycles. The Bertz CT molecular complexity index is 408. The molecule has 3 nitrogen and oxygen atoms in total. The van der Waals surface area contributed by atoms with Crippen molar-refractivity contribution in [1.29, 1.82) is 0 Å². The summed E-state index contributed by atoms with van der Waals surface area (Å²) in [6, 6.07) is 8.51. The number of nitrogens with one attached hydrogen (secondary N) is 1. The van der Waals surface area contributed by atoms with Crippen LogP contribution in [0.5, 0.6) is 5.75 Å². The Labute approximate surface area is 129 Å². The first-order valence-electron chi connectivity index (χ1n) is 8.17. The van der Waals surface area contributed by atoms with Crippen molar-refractivity contribution in [2.45, 2.75) is 51.6 Å². The Morgan fingerprint density at radius 3 is 2.67 bits per heavy atom. The van der Waals surface area contributed by atoms with Gasteiger partial charge in [-0.2, -0.15) is 0 Å². The number of rotatable bonds is 8. The molecule has 1 aliphatic rings. The van der Waals surface area contributed by atoms with Crippen molar-refractivity contribution in [2.75, 3.05) is 26.3 Å². The number of benzene rings is 1. The molecule has 21 heavy (non-hydrogen) atoms. The van der Waals surface area contributed by atoms with Gasteiger partial charge in [0, 0.05) is 19.7 Å². The summed E-state index contributed by atoms with van der Waals surface area (Å²) in [5.41, 5.74) is 1.61. The SMILES string of the molecule is CCC(C)(C)c1ccc(OCCNCC2CCCO2)cc1. The van der Waals surface area contributed by atoms with Gasteiger partial charge in [-0.3, -0.25) is 0 Å². The fraction of sp³-hybridized carbons (Fsp3) is 0.667. The third-order valence-corrected chi connectivity index (χ3v) is 4.46. The predicted octanol–water partition coefficient (Wildman–Crippen LogP) is 3.52. The van der Waals surface area contributed by atoms with Gasteiger partial charge in [0.25, 0.3) is 0 Å². The lowest BCUT2D eigenvalue weighted by Crippen LogP contribution is -2.29. The average Bonchev–Trinajstić information content (AvgIpc) is 3.01. The van der Waals surface area contributed by atoms with E-state index < -0.39 is 0 Å². The van der Waals surface area contributed by atoms with Crippen molar-refractivity contribution in [3.63, 3.8) is 0 Å². The molecule has 0 spiro atoms. The molecule has 0 radical (unpaired) electrons. The highest BCUT2D eigenvalue weighted by molar-refractivity contribution is 5.31. The second-order valence-corrected chi connectivity index (χ2v) is 6.45. The fourth-order valence-electron chi connectivity index (χ4n) is 2.52. The van der Waals surface area contributed by atoms with Crippen molar-refractivity contribution >= 4 is 0 Å². The van der Waals surface area contributed by atoms with Crippen LogP contribution in [0.25, 0.3) is 0 Å². The van der Waals surface area contributed by atoms with Crippen molar-refractivity contribution in [1.82, 2.24) is 5.32 Å². The van der Waals surface area contributed by atoms with Crippen LogP contribution in [-0.2, 0) is 10.2 Å². The molecule has 1 heterocycles. The molecule has 1 aliphatic heterocycles. The molecule has 0 bridgehead atoms. The predicted molar refractivity (Wildman–Crippen MR) is 87.1 cm³/mol. The molecule has 1 aromatic rings. The maximum Gasteiger partial charge on any atom is 0.119 e. The zero-order valence-electron chi connectivity index (χ0n) is 13.7. The van der Waals surface area contributed by atoms with E-state index in [1.807, 2.05) is 0 Å². The Kier molecular flexibility index (Phi) is 6.07. The highest BCUT2D eigenvalue weighted by Gasteiger charge is 2.17. The third kappa shape index (κ3) is 5.01. The molecule has 1 fully saturated rings. The smallest absolute Gasteiger partial charge is 0.119 e. The van der Waals surface area contributed by atoms with E-state index >= 15 is 0 Å². The van der Waals surface area contributed by atoms with Crippen LogP contribution in [0.1, 0.15) is 45.6 Å². The van der Waals surface area contributed by atoms with Crippen LogP contribution >= 0.6 is 0 Å². The molecule has 1 atom stereocenters. The van der Waals surface area contributed by atoms with Crippen LogP contribution in [0, 0.1) is 0 Å². The number of ether oxygens (including phenoxy) is 2. The molecular weight excluding hydrogens is 262 g/mol.